The molecule has 1 heterocycles. The third-order valence-corrected chi connectivity index (χ3v) is 2.31. The number of nitrogens with zero attached hydrogens (tertiary/aromatic N) is 1. The summed E-state index contributed by atoms with van der Waals surface area (Å²) in [5.41, 5.74) is 7.05. The summed E-state index contributed by atoms with van der Waals surface area (Å²) in [5, 5.41) is 0. The van der Waals surface area contributed by atoms with E-state index in [0.29, 0.717) is 5.88 Å². The van der Waals surface area contributed by atoms with E-state index < -0.39 is 0 Å². The maximum Gasteiger partial charge on any atom is 0.213 e. The Labute approximate surface area is 71.6 Å². The van der Waals surface area contributed by atoms with Crippen LogP contribution in [0.1, 0.15) is 18.4 Å². The van der Waals surface area contributed by atoms with E-state index in [4.69, 9.17) is 10.5 Å². The van der Waals surface area contributed by atoms with Crippen LogP contribution in [0.2, 0.25) is 0 Å². The Hall–Kier alpha value is -1.09. The lowest BCUT2D eigenvalue weighted by atomic mass is 10.1. The van der Waals surface area contributed by atoms with Crippen molar-refractivity contribution in [3.63, 3.8) is 0 Å². The van der Waals surface area contributed by atoms with Gasteiger partial charge in [-0.1, -0.05) is 0 Å². The van der Waals surface area contributed by atoms with Crippen LogP contribution in [0.25, 0.3) is 0 Å². The van der Waals surface area contributed by atoms with Crippen molar-refractivity contribution in [2.45, 2.75) is 18.4 Å². The zero-order valence-electron chi connectivity index (χ0n) is 7.08. The summed E-state index contributed by atoms with van der Waals surface area (Å²) in [4.78, 5) is 4.02. The van der Waals surface area contributed by atoms with Crippen LogP contribution in [0.15, 0.2) is 18.3 Å². The van der Waals surface area contributed by atoms with Crippen LogP contribution in [-0.4, -0.2) is 12.1 Å². The van der Waals surface area contributed by atoms with Crippen molar-refractivity contribution >= 4 is 0 Å². The first-order chi connectivity index (χ1) is 5.74. The second kappa shape index (κ2) is 2.45. The molecule has 1 aliphatic carbocycles. The van der Waals surface area contributed by atoms with Gasteiger partial charge in [0.1, 0.15) is 0 Å². The standard InChI is InChI=1S/C9H12N2O/c1-12-8-6-7(2-5-11-8)9(10)3-4-9/h2,5-6H,3-4,10H2,1H3. The quantitative estimate of drug-likeness (QED) is 0.710. The molecule has 0 atom stereocenters. The fourth-order valence-corrected chi connectivity index (χ4v) is 1.25. The van der Waals surface area contributed by atoms with E-state index in [1.54, 1.807) is 13.3 Å². The number of rotatable bonds is 2. The van der Waals surface area contributed by atoms with Crippen LogP contribution < -0.4 is 10.5 Å². The molecule has 0 aromatic carbocycles. The van der Waals surface area contributed by atoms with Gasteiger partial charge in [0.2, 0.25) is 5.88 Å². The third-order valence-electron chi connectivity index (χ3n) is 2.31. The summed E-state index contributed by atoms with van der Waals surface area (Å²) in [6.07, 6.45) is 3.88. The highest BCUT2D eigenvalue weighted by atomic mass is 16.5. The molecule has 0 aliphatic heterocycles. The molecule has 64 valence electrons. The Bertz CT molecular complexity index is 294. The zero-order chi connectivity index (χ0) is 8.60. The van der Waals surface area contributed by atoms with Gasteiger partial charge in [-0.3, -0.25) is 0 Å². The predicted octanol–water partition coefficient (Wildman–Crippen LogP) is 1.04. The van der Waals surface area contributed by atoms with Gasteiger partial charge in [-0.2, -0.15) is 0 Å². The summed E-state index contributed by atoms with van der Waals surface area (Å²) < 4.78 is 5.01. The SMILES string of the molecule is COc1cc(C2(N)CC2)ccn1. The van der Waals surface area contributed by atoms with Crippen LogP contribution in [0.5, 0.6) is 5.88 Å². The van der Waals surface area contributed by atoms with Crippen molar-refractivity contribution in [1.29, 1.82) is 0 Å². The van der Waals surface area contributed by atoms with Gasteiger partial charge in [-0.15, -0.1) is 0 Å². The average Bonchev–Trinajstić information content (AvgIpc) is 2.85. The molecule has 2 rings (SSSR count). The molecule has 1 aromatic heterocycles. The first-order valence-electron chi connectivity index (χ1n) is 4.04. The molecule has 12 heavy (non-hydrogen) atoms. The maximum atomic E-state index is 6.01. The van der Waals surface area contributed by atoms with E-state index in [-0.39, 0.29) is 5.54 Å². The molecule has 3 nitrogen and oxygen atoms in total. The minimum atomic E-state index is -0.0871. The van der Waals surface area contributed by atoms with Gasteiger partial charge < -0.3 is 10.5 Å². The van der Waals surface area contributed by atoms with Crippen molar-refractivity contribution < 1.29 is 4.74 Å². The molecular weight excluding hydrogens is 152 g/mol. The second-order valence-electron chi connectivity index (χ2n) is 3.24. The number of methoxy groups -OCH3 is 1. The maximum absolute atomic E-state index is 6.01. The van der Waals surface area contributed by atoms with Crippen LogP contribution in [0.4, 0.5) is 0 Å². The summed E-state index contributed by atoms with van der Waals surface area (Å²) in [7, 11) is 1.61. The van der Waals surface area contributed by atoms with Crippen molar-refractivity contribution in [2.75, 3.05) is 7.11 Å². The normalized spacial score (nSPS) is 18.8. The van der Waals surface area contributed by atoms with Gasteiger partial charge in [-0.25, -0.2) is 4.98 Å². The van der Waals surface area contributed by atoms with Crippen molar-refractivity contribution in [3.8, 4) is 5.88 Å². The molecule has 0 spiro atoms. The van der Waals surface area contributed by atoms with E-state index in [9.17, 15) is 0 Å². The highest BCUT2D eigenvalue weighted by molar-refractivity contribution is 5.31. The molecular formula is C9H12N2O. The molecule has 0 saturated heterocycles. The Morgan fingerprint density at radius 2 is 2.33 bits per heavy atom. The van der Waals surface area contributed by atoms with Crippen LogP contribution in [0, 0.1) is 0 Å². The molecule has 1 aliphatic rings. The fourth-order valence-electron chi connectivity index (χ4n) is 1.25. The highest BCUT2D eigenvalue weighted by Gasteiger charge is 2.40. The largest absolute Gasteiger partial charge is 0.481 e. The van der Waals surface area contributed by atoms with Crippen molar-refractivity contribution in [3.05, 3.63) is 23.9 Å². The molecule has 0 bridgehead atoms. The molecule has 0 amide bonds. The molecule has 0 unspecified atom stereocenters. The van der Waals surface area contributed by atoms with Crippen LogP contribution in [-0.2, 0) is 5.54 Å². The number of nitrogens with two attached hydrogens (primary N) is 1. The van der Waals surface area contributed by atoms with E-state index >= 15 is 0 Å². The van der Waals surface area contributed by atoms with Crippen LogP contribution in [0.3, 0.4) is 0 Å². The number of pyridine rings is 1. The number of ether oxygens (including phenoxy) is 1. The molecule has 2 N–H and O–H groups in total. The lowest BCUT2D eigenvalue weighted by Crippen LogP contribution is -2.18. The van der Waals surface area contributed by atoms with E-state index in [1.807, 2.05) is 12.1 Å². The van der Waals surface area contributed by atoms with Gasteiger partial charge in [0.05, 0.1) is 7.11 Å². The van der Waals surface area contributed by atoms with E-state index in [2.05, 4.69) is 4.98 Å². The monoisotopic (exact) mass is 164 g/mol. The smallest absolute Gasteiger partial charge is 0.213 e. The first kappa shape index (κ1) is 7.55. The molecule has 1 aromatic rings. The molecule has 0 radical (unpaired) electrons. The van der Waals surface area contributed by atoms with Gasteiger partial charge in [-0.05, 0) is 24.5 Å². The predicted molar refractivity (Wildman–Crippen MR) is 45.9 cm³/mol. The first-order valence-corrected chi connectivity index (χ1v) is 4.04. The second-order valence-corrected chi connectivity index (χ2v) is 3.24. The minimum absolute atomic E-state index is 0.0871. The number of hydrogen-bond acceptors (Lipinski definition) is 3. The van der Waals surface area contributed by atoms with Gasteiger partial charge in [0, 0.05) is 17.8 Å². The zero-order valence-corrected chi connectivity index (χ0v) is 7.08. The Kier molecular flexibility index (Phi) is 1.54. The summed E-state index contributed by atoms with van der Waals surface area (Å²) in [5.74, 6) is 0.643. The molecule has 3 heteroatoms. The average molecular weight is 164 g/mol. The lowest BCUT2D eigenvalue weighted by molar-refractivity contribution is 0.396. The van der Waals surface area contributed by atoms with E-state index in [0.717, 1.165) is 18.4 Å². The van der Waals surface area contributed by atoms with E-state index in [1.165, 1.54) is 0 Å². The lowest BCUT2D eigenvalue weighted by Gasteiger charge is -2.08. The topological polar surface area (TPSA) is 48.1 Å². The Balaban J connectivity index is 2.32. The number of hydrogen-bond donors (Lipinski definition) is 1. The summed E-state index contributed by atoms with van der Waals surface area (Å²) in [6, 6.07) is 3.86. The van der Waals surface area contributed by atoms with Gasteiger partial charge in [0.15, 0.2) is 0 Å². The molecule has 1 saturated carbocycles. The highest BCUT2D eigenvalue weighted by Crippen LogP contribution is 2.42. The van der Waals surface area contributed by atoms with Crippen LogP contribution >= 0.6 is 0 Å². The van der Waals surface area contributed by atoms with Crippen molar-refractivity contribution in [2.24, 2.45) is 5.73 Å². The van der Waals surface area contributed by atoms with Gasteiger partial charge in [0.25, 0.3) is 0 Å². The fraction of sp³-hybridized carbons (Fsp3) is 0.444. The number of aromatic nitrogens is 1. The third kappa shape index (κ3) is 1.16. The van der Waals surface area contributed by atoms with Gasteiger partial charge >= 0.3 is 0 Å². The summed E-state index contributed by atoms with van der Waals surface area (Å²) >= 11 is 0. The Morgan fingerprint density at radius 3 is 2.92 bits per heavy atom. The molecule has 1 fully saturated rings. The minimum Gasteiger partial charge on any atom is -0.481 e. The Morgan fingerprint density at radius 1 is 1.58 bits per heavy atom. The van der Waals surface area contributed by atoms with Crippen molar-refractivity contribution in [1.82, 2.24) is 4.98 Å². The summed E-state index contributed by atoms with van der Waals surface area (Å²) in [6.45, 7) is 0.